The maximum absolute atomic E-state index is 11.7. The van der Waals surface area contributed by atoms with Gasteiger partial charge in [-0.2, -0.15) is 0 Å². The Morgan fingerprint density at radius 3 is 2.50 bits per heavy atom. The molecule has 0 amide bonds. The van der Waals surface area contributed by atoms with Gasteiger partial charge in [0.1, 0.15) is 12.1 Å². The molecule has 0 aromatic rings. The van der Waals surface area contributed by atoms with E-state index in [1.807, 2.05) is 0 Å². The second-order valence-corrected chi connectivity index (χ2v) is 4.97. The van der Waals surface area contributed by atoms with Crippen molar-refractivity contribution in [1.82, 2.24) is 0 Å². The maximum atomic E-state index is 11.7. The van der Waals surface area contributed by atoms with E-state index in [0.717, 1.165) is 25.7 Å². The lowest BCUT2D eigenvalue weighted by Crippen LogP contribution is -2.46. The average Bonchev–Trinajstić information content (AvgIpc) is 2.65. The molecule has 1 saturated carbocycles. The zero-order valence-electron chi connectivity index (χ0n) is 10.3. The van der Waals surface area contributed by atoms with Gasteiger partial charge in [0.05, 0.1) is 6.61 Å². The Balaban J connectivity index is 2.10. The second-order valence-electron chi connectivity index (χ2n) is 4.97. The number of rotatable bonds is 6. The Hall–Kier alpha value is -0.610. The smallest absolute Gasteiger partial charge is 0.326 e. The van der Waals surface area contributed by atoms with E-state index >= 15 is 0 Å². The zero-order chi connectivity index (χ0) is 12.0. The summed E-state index contributed by atoms with van der Waals surface area (Å²) in [5, 5.41) is 0. The maximum Gasteiger partial charge on any atom is 0.326 e. The van der Waals surface area contributed by atoms with Gasteiger partial charge in [-0.1, -0.05) is 26.7 Å². The first kappa shape index (κ1) is 13.5. The molecule has 94 valence electrons. The van der Waals surface area contributed by atoms with Crippen molar-refractivity contribution < 1.29 is 14.3 Å². The van der Waals surface area contributed by atoms with Crippen LogP contribution in [0.4, 0.5) is 0 Å². The fourth-order valence-corrected chi connectivity index (χ4v) is 1.87. The van der Waals surface area contributed by atoms with Crippen molar-refractivity contribution in [2.45, 2.75) is 45.1 Å². The van der Waals surface area contributed by atoms with E-state index in [2.05, 4.69) is 13.8 Å². The Morgan fingerprint density at radius 1 is 1.31 bits per heavy atom. The van der Waals surface area contributed by atoms with Crippen molar-refractivity contribution in [3.8, 4) is 0 Å². The molecule has 1 aliphatic rings. The molecule has 0 aromatic carbocycles. The summed E-state index contributed by atoms with van der Waals surface area (Å²) < 4.78 is 10.4. The highest BCUT2D eigenvalue weighted by atomic mass is 16.6. The second kappa shape index (κ2) is 6.21. The number of hydrogen-bond donors (Lipinski definition) is 1. The van der Waals surface area contributed by atoms with Gasteiger partial charge < -0.3 is 15.2 Å². The molecule has 0 aromatic heterocycles. The summed E-state index contributed by atoms with van der Waals surface area (Å²) in [6, 6.07) is 0. The van der Waals surface area contributed by atoms with Gasteiger partial charge in [0, 0.05) is 6.61 Å². The first-order valence-corrected chi connectivity index (χ1v) is 6.08. The average molecular weight is 229 g/mol. The molecule has 0 unspecified atom stereocenters. The van der Waals surface area contributed by atoms with Crippen LogP contribution in [-0.2, 0) is 14.3 Å². The van der Waals surface area contributed by atoms with Crippen LogP contribution in [0.5, 0.6) is 0 Å². The van der Waals surface area contributed by atoms with Crippen LogP contribution in [0.15, 0.2) is 0 Å². The van der Waals surface area contributed by atoms with Gasteiger partial charge in [-0.3, -0.25) is 4.79 Å². The zero-order valence-corrected chi connectivity index (χ0v) is 10.3. The number of esters is 1. The molecule has 16 heavy (non-hydrogen) atoms. The van der Waals surface area contributed by atoms with Crippen molar-refractivity contribution in [3.05, 3.63) is 0 Å². The third-order valence-electron chi connectivity index (χ3n) is 2.81. The first-order valence-electron chi connectivity index (χ1n) is 6.08. The third kappa shape index (κ3) is 4.10. The van der Waals surface area contributed by atoms with E-state index < -0.39 is 5.54 Å². The minimum atomic E-state index is -0.724. The normalized spacial score (nSPS) is 19.0. The van der Waals surface area contributed by atoms with E-state index in [1.165, 1.54) is 0 Å². The van der Waals surface area contributed by atoms with Crippen molar-refractivity contribution >= 4 is 5.97 Å². The van der Waals surface area contributed by atoms with Crippen molar-refractivity contribution in [2.24, 2.45) is 11.7 Å². The van der Waals surface area contributed by atoms with Crippen molar-refractivity contribution in [3.63, 3.8) is 0 Å². The fraction of sp³-hybridized carbons (Fsp3) is 0.917. The molecular weight excluding hydrogens is 206 g/mol. The van der Waals surface area contributed by atoms with Gasteiger partial charge in [-0.05, 0) is 18.8 Å². The van der Waals surface area contributed by atoms with Crippen LogP contribution in [0.3, 0.4) is 0 Å². The Morgan fingerprint density at radius 2 is 1.94 bits per heavy atom. The van der Waals surface area contributed by atoms with Crippen LogP contribution in [0.2, 0.25) is 0 Å². The van der Waals surface area contributed by atoms with Crippen LogP contribution in [0.25, 0.3) is 0 Å². The molecule has 1 fully saturated rings. The lowest BCUT2D eigenvalue weighted by atomic mass is 10.00. The summed E-state index contributed by atoms with van der Waals surface area (Å²) in [6.45, 7) is 5.63. The van der Waals surface area contributed by atoms with Gasteiger partial charge in [0.2, 0.25) is 0 Å². The van der Waals surface area contributed by atoms with Gasteiger partial charge >= 0.3 is 5.97 Å². The molecule has 0 aliphatic heterocycles. The number of hydrogen-bond acceptors (Lipinski definition) is 4. The Labute approximate surface area is 97.5 Å². The highest BCUT2D eigenvalue weighted by Crippen LogP contribution is 2.28. The largest absolute Gasteiger partial charge is 0.462 e. The lowest BCUT2D eigenvalue weighted by molar-refractivity contribution is -0.151. The van der Waals surface area contributed by atoms with Crippen LogP contribution in [-0.4, -0.2) is 31.3 Å². The molecule has 0 bridgehead atoms. The third-order valence-corrected chi connectivity index (χ3v) is 2.81. The molecule has 4 heteroatoms. The van der Waals surface area contributed by atoms with E-state index in [9.17, 15) is 4.79 Å². The number of carbonyl (C=O) groups excluding carboxylic acids is 1. The molecule has 0 heterocycles. The minimum absolute atomic E-state index is 0.266. The molecule has 1 rings (SSSR count). The quantitative estimate of drug-likeness (QED) is 0.553. The number of carbonyl (C=O) groups is 1. The summed E-state index contributed by atoms with van der Waals surface area (Å²) in [6.07, 6.45) is 3.54. The standard InChI is InChI=1S/C12H23NO3/c1-10(2)9-15-7-8-16-11(14)12(13)5-3-4-6-12/h10H,3-9,13H2,1-2H3. The monoisotopic (exact) mass is 229 g/mol. The summed E-state index contributed by atoms with van der Waals surface area (Å²) in [4.78, 5) is 11.7. The Kier molecular flexibility index (Phi) is 5.22. The van der Waals surface area contributed by atoms with Gasteiger partial charge in [-0.25, -0.2) is 0 Å². The van der Waals surface area contributed by atoms with E-state index in [1.54, 1.807) is 0 Å². The summed E-state index contributed by atoms with van der Waals surface area (Å²) in [5.41, 5.74) is 5.23. The van der Waals surface area contributed by atoms with Crippen molar-refractivity contribution in [2.75, 3.05) is 19.8 Å². The van der Waals surface area contributed by atoms with E-state index in [-0.39, 0.29) is 5.97 Å². The SMILES string of the molecule is CC(C)COCCOC(=O)C1(N)CCCC1. The molecule has 0 spiro atoms. The van der Waals surface area contributed by atoms with E-state index in [4.69, 9.17) is 15.2 Å². The topological polar surface area (TPSA) is 61.5 Å². The van der Waals surface area contributed by atoms with Crippen LogP contribution in [0.1, 0.15) is 39.5 Å². The molecule has 4 nitrogen and oxygen atoms in total. The van der Waals surface area contributed by atoms with Gasteiger partial charge in [-0.15, -0.1) is 0 Å². The van der Waals surface area contributed by atoms with Crippen LogP contribution < -0.4 is 5.73 Å². The van der Waals surface area contributed by atoms with Gasteiger partial charge in [0.15, 0.2) is 0 Å². The first-order chi connectivity index (χ1) is 7.54. The highest BCUT2D eigenvalue weighted by molar-refractivity contribution is 5.80. The van der Waals surface area contributed by atoms with Gasteiger partial charge in [0.25, 0.3) is 0 Å². The fourth-order valence-electron chi connectivity index (χ4n) is 1.87. The highest BCUT2D eigenvalue weighted by Gasteiger charge is 2.38. The van der Waals surface area contributed by atoms with Crippen LogP contribution in [0, 0.1) is 5.92 Å². The molecule has 2 N–H and O–H groups in total. The number of nitrogens with two attached hydrogens (primary N) is 1. The molecule has 1 aliphatic carbocycles. The van der Waals surface area contributed by atoms with Crippen LogP contribution >= 0.6 is 0 Å². The predicted molar refractivity (Wildman–Crippen MR) is 62.0 cm³/mol. The van der Waals surface area contributed by atoms with E-state index in [0.29, 0.717) is 25.7 Å². The molecule has 0 radical (unpaired) electrons. The minimum Gasteiger partial charge on any atom is -0.462 e. The van der Waals surface area contributed by atoms with Crippen molar-refractivity contribution in [1.29, 1.82) is 0 Å². The lowest BCUT2D eigenvalue weighted by Gasteiger charge is -2.21. The molecular formula is C12H23NO3. The predicted octanol–water partition coefficient (Wildman–Crippen LogP) is 1.47. The number of ether oxygens (including phenoxy) is 2. The summed E-state index contributed by atoms with van der Waals surface area (Å²) in [5.74, 6) is 0.240. The molecule has 0 saturated heterocycles. The Bertz CT molecular complexity index is 222. The molecule has 0 atom stereocenters. The summed E-state index contributed by atoms with van der Waals surface area (Å²) >= 11 is 0. The summed E-state index contributed by atoms with van der Waals surface area (Å²) in [7, 11) is 0.